The summed E-state index contributed by atoms with van der Waals surface area (Å²) in [5, 5.41) is 106. The number of aryl methyl sites for hydroxylation is 2. The fraction of sp³-hybridized carbons (Fsp3) is 0.180. The van der Waals surface area contributed by atoms with Gasteiger partial charge in [-0.05, 0) is 89.9 Å². The van der Waals surface area contributed by atoms with E-state index in [4.69, 9.17) is 131 Å². The van der Waals surface area contributed by atoms with Gasteiger partial charge < -0.3 is 32.1 Å². The van der Waals surface area contributed by atoms with E-state index >= 15 is 0 Å². The first-order valence-corrected chi connectivity index (χ1v) is 49.2. The van der Waals surface area contributed by atoms with Gasteiger partial charge in [0, 0.05) is 141 Å². The number of furan rings is 1. The molecule has 17 aromatic rings. The number of rotatable bonds is 30. The Balaban J connectivity index is 0.000000197. The molecule has 0 bridgehead atoms. The van der Waals surface area contributed by atoms with Gasteiger partial charge >= 0.3 is 11.7 Å². The predicted octanol–water partition coefficient (Wildman–Crippen LogP) is 24.6. The van der Waals surface area contributed by atoms with Crippen LogP contribution >= 0.6 is 147 Å². The number of nitrogens with two attached hydrogens (primary N) is 1. The minimum Gasteiger partial charge on any atom is -0.485 e. The molecule has 0 aliphatic heterocycles. The van der Waals surface area contributed by atoms with E-state index in [2.05, 4.69) is 142 Å². The van der Waals surface area contributed by atoms with Crippen molar-refractivity contribution < 1.29 is 66.0 Å². The van der Waals surface area contributed by atoms with Gasteiger partial charge in [-0.1, -0.05) is 149 Å². The number of nitro groups is 7. The Hall–Kier alpha value is -14.6. The summed E-state index contributed by atoms with van der Waals surface area (Å²) < 4.78 is 32.1. The topological polar surface area (TPSA) is 599 Å². The number of aromatic nitrogens is 13. The number of alkyl halides is 10. The van der Waals surface area contributed by atoms with Gasteiger partial charge in [-0.2, -0.15) is 20.2 Å². The minimum absolute atomic E-state index is 0.00587. The molecule has 0 saturated heterocycles. The van der Waals surface area contributed by atoms with E-state index in [1.54, 1.807) is 84.1 Å². The van der Waals surface area contributed by atoms with Crippen LogP contribution in [0.15, 0.2) is 264 Å². The number of nitrogens with zero attached hydrogens (tertiary/aromatic N) is 20. The number of nitrogens with one attached hydrogen (secondary N) is 1. The van der Waals surface area contributed by atoms with Gasteiger partial charge in [0.25, 0.3) is 34.1 Å². The first-order valence-electron chi connectivity index (χ1n) is 40.9. The van der Waals surface area contributed by atoms with Crippen LogP contribution in [0.25, 0.3) is 39.1 Å². The summed E-state index contributed by atoms with van der Waals surface area (Å²) in [7, 11) is 0. The largest absolute Gasteiger partial charge is 0.485 e. The normalized spacial score (nSPS) is 10.2. The lowest BCUT2D eigenvalue weighted by Crippen LogP contribution is -2.23. The van der Waals surface area contributed by atoms with E-state index in [0.717, 1.165) is 49.8 Å². The van der Waals surface area contributed by atoms with Crippen molar-refractivity contribution >= 4 is 198 Å². The molecule has 8 aromatic carbocycles. The molecule has 0 amide bonds. The number of imidazole rings is 1. The van der Waals surface area contributed by atoms with Gasteiger partial charge in [0.2, 0.25) is 46.8 Å². The van der Waals surface area contributed by atoms with Crippen LogP contribution in [0.5, 0.6) is 5.75 Å². The number of benzene rings is 8. The first kappa shape index (κ1) is 115. The Labute approximate surface area is 878 Å². The van der Waals surface area contributed by atoms with Gasteiger partial charge in [0.15, 0.2) is 23.6 Å². The van der Waals surface area contributed by atoms with E-state index in [0.29, 0.717) is 91.4 Å². The van der Waals surface area contributed by atoms with E-state index in [1.165, 1.54) is 144 Å². The second-order valence-electron chi connectivity index (χ2n) is 28.0. The number of nitriles is 1. The van der Waals surface area contributed by atoms with Crippen molar-refractivity contribution in [1.29, 1.82) is 5.26 Å². The lowest BCUT2D eigenvalue weighted by Gasteiger charge is -2.03. The summed E-state index contributed by atoms with van der Waals surface area (Å²) in [5.74, 6) is 5.37. The molecule has 9 aromatic heterocycles. The highest BCUT2D eigenvalue weighted by atomic mass is 79.9. The summed E-state index contributed by atoms with van der Waals surface area (Å²) in [4.78, 5) is 105. The number of hydrogen-bond acceptors (Lipinski definition) is 35. The zero-order valence-corrected chi connectivity index (χ0v) is 85.0. The summed E-state index contributed by atoms with van der Waals surface area (Å²) in [6, 6.07) is 60.3. The van der Waals surface area contributed by atoms with Crippen LogP contribution in [-0.2, 0) is 83.6 Å². The van der Waals surface area contributed by atoms with Crippen LogP contribution in [0.4, 0.5) is 45.8 Å². The third-order valence-electron chi connectivity index (χ3n) is 18.0. The maximum Gasteiger partial charge on any atom is 0.433 e. The average molecular weight is 2300 g/mol. The summed E-state index contributed by atoms with van der Waals surface area (Å²) in [5.41, 5.74) is 15.5. The molecular weight excluding hydrogens is 2220 g/mol. The third kappa shape index (κ3) is 38.7. The Morgan fingerprint density at radius 1 is 0.472 bits per heavy atom. The van der Waals surface area contributed by atoms with Crippen molar-refractivity contribution in [2.24, 2.45) is 0 Å². The van der Waals surface area contributed by atoms with Gasteiger partial charge in [0.1, 0.15) is 51.0 Å². The standard InChI is InChI=1S/C17H19Cl.C10H8ClN3O4.C10H8ClN3O3.C10H7ClN2O2S.2C9H6ClN3O3.C7H6ClNO2.C6H5BrN2S.C6H6ClN4O.C5H4BrNO3/c18-14-17-12-10-16(11-13-17)9-5-4-8-15-6-2-1-3-7-15;11-5-10-12-9(13-18-10)6-17-8-3-1-7(2-4-8)14(15)16;11-6-10-12-9(13-17-10)5-7-1-3-8(4-2-7)14(15)16;11-5-10-12-9(6-16-10)7-1-3-8(4-2-7)13(14)15;10-5-8-11-12-9(16-8)6-2-1-3-7(4-6)13(14)15;10-5-8-11-9(12-16-8)6-2-1-3-7(4-6)13(14)15;8-5-6-1-3-7(4-2-6)9(10)11;7-3-5-4-9-1-2-10-6(9)8-5;7-1-4-3-11(12)6(9)5(2-8)10-4;6-3-4-1-2-5(10-4)7(8)9/h1-3,6-7,10-13H,4-5,8-9,14H2;1-4H,5-6H2;1-4H,5-6H2;1-4,6H,5H2;2*1-4H,5H2;1-4H,5H2;1-2,4H,3H2;3H,1,9H2,(H,10,12);1-2H,3H2/q;;;;;;;;+1;. The highest BCUT2D eigenvalue weighted by molar-refractivity contribution is 9.08. The van der Waals surface area contributed by atoms with E-state index in [-0.39, 0.29) is 105 Å². The molecular formula is C89H75Br2Cl8N22O21S2+. The zero-order chi connectivity index (χ0) is 104. The summed E-state index contributed by atoms with van der Waals surface area (Å²) in [6.45, 7) is 0.109. The quantitative estimate of drug-likeness (QED) is 0.0139. The molecule has 43 nitrogen and oxygen atoms in total. The number of hydrogen-bond donors (Lipinski definition) is 2. The number of ether oxygens (including phenoxy) is 1. The number of halogens is 10. The SMILES string of the molecule is BrCc1cn2ccsc2n1.ClCc1ccc(CCCCc2ccccc2)cc1.N#Cc1[nH]c(CCl)c[n+](=O)c1N.O=[N+]([O-])c1ccc(-c2csc(CCl)n2)cc1.O=[N+]([O-])c1ccc(CBr)o1.O=[N+]([O-])c1ccc(CCl)cc1.O=[N+]([O-])c1ccc(Cc2noc(CCl)n2)cc1.O=[N+]([O-])c1ccc(OCc2noc(CCl)n2)cc1.O=[N+]([O-])c1cccc(-c2nnc(CCl)o2)c1.O=[N+]([O-])c1cccc(-c2noc(CCl)n2)c1. The molecule has 0 fully saturated rings. The van der Waals surface area contributed by atoms with Gasteiger partial charge in [-0.25, -0.2) is 9.97 Å². The van der Waals surface area contributed by atoms with Crippen LogP contribution in [-0.4, -0.2) is 94.4 Å². The molecule has 748 valence electrons. The Bertz CT molecular complexity index is 6940. The lowest BCUT2D eigenvalue weighted by molar-refractivity contribution is -0.479. The lowest BCUT2D eigenvalue weighted by atomic mass is 10.0. The van der Waals surface area contributed by atoms with E-state index in [1.807, 2.05) is 27.6 Å². The van der Waals surface area contributed by atoms with Crippen molar-refractivity contribution in [2.75, 3.05) is 5.73 Å². The highest BCUT2D eigenvalue weighted by Crippen LogP contribution is 2.29. The fourth-order valence-electron chi connectivity index (χ4n) is 11.1. The number of unbranched alkanes of at least 4 members (excludes halogenated alkanes) is 1. The molecule has 0 aliphatic rings. The second kappa shape index (κ2) is 61.3. The smallest absolute Gasteiger partial charge is 0.433 e. The van der Waals surface area contributed by atoms with Crippen LogP contribution in [0.3, 0.4) is 0 Å². The number of nitro benzene ring substituents is 6. The van der Waals surface area contributed by atoms with Crippen molar-refractivity contribution in [1.82, 2.24) is 60.0 Å². The molecule has 0 aliphatic carbocycles. The monoisotopic (exact) mass is 2290 g/mol. The number of H-pyrrole nitrogens is 1. The average Bonchev–Trinajstić information content (AvgIpc) is 1.48. The second-order valence-corrected chi connectivity index (χ2v) is 33.1. The number of non-ortho nitro benzene ring substituents is 6. The number of nitrogen functional groups attached to an aromatic ring is 1. The molecule has 9 heterocycles. The molecule has 0 radical (unpaired) electrons. The van der Waals surface area contributed by atoms with Gasteiger partial charge in [-0.15, -0.1) is 126 Å². The maximum absolute atomic E-state index is 10.9. The Morgan fingerprint density at radius 2 is 0.972 bits per heavy atom. The van der Waals surface area contributed by atoms with Gasteiger partial charge in [-0.3, -0.25) is 80.9 Å². The van der Waals surface area contributed by atoms with Crippen LogP contribution in [0, 0.1) is 87.0 Å². The van der Waals surface area contributed by atoms with Crippen LogP contribution in [0.2, 0.25) is 0 Å². The number of aromatic amines is 1. The molecule has 3 N–H and O–H groups in total. The van der Waals surface area contributed by atoms with Crippen LogP contribution in [0.1, 0.15) is 104 Å². The fourth-order valence-corrected chi connectivity index (χ4v) is 14.2. The van der Waals surface area contributed by atoms with E-state index in [9.17, 15) is 75.7 Å². The summed E-state index contributed by atoms with van der Waals surface area (Å²) in [6.07, 6.45) is 10.5. The number of thiazole rings is 2. The van der Waals surface area contributed by atoms with Crippen molar-refractivity contribution in [2.45, 2.75) is 96.4 Å². The molecule has 0 atom stereocenters. The first-order chi connectivity index (χ1) is 69.4. The number of anilines is 1. The van der Waals surface area contributed by atoms with E-state index < -0.39 is 34.5 Å². The molecule has 0 saturated carbocycles. The Kier molecular flexibility index (Phi) is 48.9. The predicted molar refractivity (Wildman–Crippen MR) is 545 cm³/mol. The van der Waals surface area contributed by atoms with Crippen molar-refractivity contribution in [3.05, 3.63) is 408 Å². The number of fused-ring (bicyclic) bond motifs is 1. The zero-order valence-electron chi connectivity index (χ0n) is 74.1. The third-order valence-corrected chi connectivity index (χ3v) is 23.0. The minimum atomic E-state index is -0.563. The highest BCUT2D eigenvalue weighted by Gasteiger charge is 2.19. The van der Waals surface area contributed by atoms with Crippen molar-refractivity contribution in [3.8, 4) is 45.9 Å². The molecule has 0 spiro atoms. The molecule has 17 rings (SSSR count). The maximum atomic E-state index is 10.9. The van der Waals surface area contributed by atoms with Crippen LogP contribution < -0.4 is 14.9 Å². The molecule has 0 unspecified atom stereocenters. The molecule has 55 heteroatoms. The Morgan fingerprint density at radius 3 is 1.44 bits per heavy atom. The molecule has 144 heavy (non-hydrogen) atoms. The summed E-state index contributed by atoms with van der Waals surface area (Å²) >= 11 is 54.0. The van der Waals surface area contributed by atoms with Gasteiger partial charge in [0.05, 0.1) is 69.8 Å². The van der Waals surface area contributed by atoms with Crippen molar-refractivity contribution in [3.63, 3.8) is 0 Å².